The summed E-state index contributed by atoms with van der Waals surface area (Å²) in [7, 11) is 1.47. The summed E-state index contributed by atoms with van der Waals surface area (Å²) < 4.78 is 18.0. The molecule has 0 heterocycles. The number of nitro benzene ring substituents is 1. The number of anilines is 1. The second kappa shape index (κ2) is 13.8. The van der Waals surface area contributed by atoms with Crippen LogP contribution in [0.5, 0.6) is 17.2 Å². The van der Waals surface area contributed by atoms with Crippen LogP contribution in [0.25, 0.3) is 6.08 Å². The summed E-state index contributed by atoms with van der Waals surface area (Å²) in [5.74, 6) is 0.852. The van der Waals surface area contributed by atoms with E-state index in [2.05, 4.69) is 21.2 Å². The number of non-ortho nitro benzene ring substituents is 1. The lowest BCUT2D eigenvalue weighted by molar-refractivity contribution is -0.384. The highest BCUT2D eigenvalue weighted by atomic mass is 79.9. The molecule has 4 aromatic rings. The third kappa shape index (κ3) is 8.17. The first kappa shape index (κ1) is 28.9. The number of halogens is 1. The van der Waals surface area contributed by atoms with Gasteiger partial charge in [-0.25, -0.2) is 0 Å². The zero-order valence-corrected chi connectivity index (χ0v) is 23.5. The average Bonchev–Trinajstić information content (AvgIpc) is 2.99. The van der Waals surface area contributed by atoms with Crippen molar-refractivity contribution in [3.8, 4) is 23.3 Å². The van der Waals surface area contributed by atoms with Crippen LogP contribution < -0.4 is 19.5 Å². The van der Waals surface area contributed by atoms with Crippen molar-refractivity contribution in [1.29, 1.82) is 5.26 Å². The number of carbonyl (C=O) groups excluding carboxylic acids is 1. The van der Waals surface area contributed by atoms with E-state index in [0.717, 1.165) is 10.0 Å². The Morgan fingerprint density at radius 3 is 2.37 bits per heavy atom. The number of amides is 1. The van der Waals surface area contributed by atoms with Crippen molar-refractivity contribution in [3.05, 3.63) is 128 Å². The maximum absolute atomic E-state index is 12.8. The fraction of sp³-hybridized carbons (Fsp3) is 0.0968. The number of hydrogen-bond acceptors (Lipinski definition) is 7. The fourth-order valence-electron chi connectivity index (χ4n) is 3.71. The van der Waals surface area contributed by atoms with Gasteiger partial charge in [-0.05, 0) is 71.3 Å². The van der Waals surface area contributed by atoms with Gasteiger partial charge in [0.2, 0.25) is 0 Å². The smallest absolute Gasteiger partial charge is 0.269 e. The first-order chi connectivity index (χ1) is 19.8. The third-order valence-electron chi connectivity index (χ3n) is 5.81. The van der Waals surface area contributed by atoms with E-state index in [1.807, 2.05) is 30.3 Å². The maximum Gasteiger partial charge on any atom is 0.269 e. The van der Waals surface area contributed by atoms with Crippen LogP contribution in [0.4, 0.5) is 11.4 Å². The molecule has 4 aromatic carbocycles. The molecule has 0 aliphatic carbocycles. The molecule has 0 saturated heterocycles. The molecule has 0 unspecified atom stereocenters. The molecule has 1 amide bonds. The van der Waals surface area contributed by atoms with Crippen molar-refractivity contribution in [1.82, 2.24) is 0 Å². The predicted molar refractivity (Wildman–Crippen MR) is 158 cm³/mol. The minimum Gasteiger partial charge on any atom is -0.493 e. The number of rotatable bonds is 11. The van der Waals surface area contributed by atoms with Crippen molar-refractivity contribution < 1.29 is 23.9 Å². The Hall–Kier alpha value is -5.14. The predicted octanol–water partition coefficient (Wildman–Crippen LogP) is 7.07. The van der Waals surface area contributed by atoms with E-state index in [1.54, 1.807) is 54.6 Å². The van der Waals surface area contributed by atoms with Gasteiger partial charge in [0.1, 0.15) is 30.6 Å². The van der Waals surface area contributed by atoms with E-state index in [-0.39, 0.29) is 17.9 Å². The third-order valence-corrected chi connectivity index (χ3v) is 6.34. The van der Waals surface area contributed by atoms with Gasteiger partial charge in [-0.3, -0.25) is 14.9 Å². The molecule has 0 bridgehead atoms. The summed E-state index contributed by atoms with van der Waals surface area (Å²) in [6.07, 6.45) is 1.44. The molecule has 0 radical (unpaired) electrons. The zero-order valence-electron chi connectivity index (χ0n) is 21.9. The summed E-state index contributed by atoms with van der Waals surface area (Å²) in [6.45, 7) is 0.496. The minimum absolute atomic E-state index is 0.0261. The molecule has 4 rings (SSSR count). The van der Waals surface area contributed by atoms with E-state index in [9.17, 15) is 20.2 Å². The van der Waals surface area contributed by atoms with Crippen molar-refractivity contribution in [2.75, 3.05) is 12.4 Å². The van der Waals surface area contributed by atoms with Crippen LogP contribution in [0, 0.1) is 21.4 Å². The van der Waals surface area contributed by atoms with E-state index in [4.69, 9.17) is 14.2 Å². The molecule has 1 N–H and O–H groups in total. The van der Waals surface area contributed by atoms with Crippen LogP contribution in [-0.2, 0) is 18.0 Å². The number of nitrogens with zero attached hydrogens (tertiary/aromatic N) is 2. The number of nitro groups is 1. The summed E-state index contributed by atoms with van der Waals surface area (Å²) in [6, 6.07) is 27.7. The Balaban J connectivity index is 1.38. The molecule has 0 saturated carbocycles. The van der Waals surface area contributed by atoms with Crippen molar-refractivity contribution >= 4 is 39.3 Å². The Morgan fingerprint density at radius 2 is 1.68 bits per heavy atom. The lowest BCUT2D eigenvalue weighted by Crippen LogP contribution is -2.13. The van der Waals surface area contributed by atoms with Crippen LogP contribution in [0.3, 0.4) is 0 Å². The molecule has 0 atom stereocenters. The second-order valence-electron chi connectivity index (χ2n) is 8.69. The SMILES string of the molecule is COc1cc(/C=C(\C#N)C(=O)Nc2ccc(OCc3ccc(Br)cc3)cc2)ccc1OCc1cccc([N+](=O)[O-])c1. The topological polar surface area (TPSA) is 124 Å². The zero-order chi connectivity index (χ0) is 29.2. The molecule has 0 fully saturated rings. The summed E-state index contributed by atoms with van der Waals surface area (Å²) in [5, 5.41) is 23.3. The maximum atomic E-state index is 12.8. The quantitative estimate of drug-likeness (QED) is 0.0830. The number of ether oxygens (including phenoxy) is 3. The molecule has 0 aromatic heterocycles. The molecule has 41 heavy (non-hydrogen) atoms. The van der Waals surface area contributed by atoms with Gasteiger partial charge >= 0.3 is 0 Å². The molecule has 10 heteroatoms. The van der Waals surface area contributed by atoms with Crippen LogP contribution in [0.1, 0.15) is 16.7 Å². The summed E-state index contributed by atoms with van der Waals surface area (Å²) in [5.41, 5.74) is 2.57. The lowest BCUT2D eigenvalue weighted by Gasteiger charge is -2.12. The van der Waals surface area contributed by atoms with Gasteiger partial charge in [0.05, 0.1) is 12.0 Å². The van der Waals surface area contributed by atoms with Crippen molar-refractivity contribution in [2.45, 2.75) is 13.2 Å². The Kier molecular flexibility index (Phi) is 9.70. The highest BCUT2D eigenvalue weighted by Gasteiger charge is 2.12. The van der Waals surface area contributed by atoms with E-state index in [0.29, 0.717) is 40.7 Å². The van der Waals surface area contributed by atoms with Crippen molar-refractivity contribution in [3.63, 3.8) is 0 Å². The van der Waals surface area contributed by atoms with E-state index in [1.165, 1.54) is 25.3 Å². The normalized spacial score (nSPS) is 10.8. The van der Waals surface area contributed by atoms with Gasteiger partial charge in [0.15, 0.2) is 11.5 Å². The molecule has 9 nitrogen and oxygen atoms in total. The monoisotopic (exact) mass is 613 g/mol. The number of benzene rings is 4. The van der Waals surface area contributed by atoms with Gasteiger partial charge in [-0.2, -0.15) is 5.26 Å². The van der Waals surface area contributed by atoms with Crippen molar-refractivity contribution in [2.24, 2.45) is 0 Å². The van der Waals surface area contributed by atoms with Gasteiger partial charge in [-0.15, -0.1) is 0 Å². The molecule has 0 aliphatic rings. The summed E-state index contributed by atoms with van der Waals surface area (Å²) in [4.78, 5) is 23.3. The van der Waals surface area contributed by atoms with Crippen LogP contribution in [0.2, 0.25) is 0 Å². The molecular weight excluding hydrogens is 590 g/mol. The van der Waals surface area contributed by atoms with Gasteiger partial charge < -0.3 is 19.5 Å². The van der Waals surface area contributed by atoms with E-state index < -0.39 is 10.8 Å². The Morgan fingerprint density at radius 1 is 0.951 bits per heavy atom. The minimum atomic E-state index is -0.569. The molecule has 0 aliphatic heterocycles. The first-order valence-electron chi connectivity index (χ1n) is 12.3. The van der Waals surface area contributed by atoms with Crippen LogP contribution >= 0.6 is 15.9 Å². The number of nitrogens with one attached hydrogen (secondary N) is 1. The largest absolute Gasteiger partial charge is 0.493 e. The number of hydrogen-bond donors (Lipinski definition) is 1. The number of methoxy groups -OCH3 is 1. The Bertz CT molecular complexity index is 1610. The van der Waals surface area contributed by atoms with Gasteiger partial charge in [0.25, 0.3) is 11.6 Å². The highest BCUT2D eigenvalue weighted by Crippen LogP contribution is 2.30. The number of nitriles is 1. The molecule has 206 valence electrons. The van der Waals surface area contributed by atoms with Crippen LogP contribution in [-0.4, -0.2) is 17.9 Å². The average molecular weight is 614 g/mol. The van der Waals surface area contributed by atoms with E-state index >= 15 is 0 Å². The second-order valence-corrected chi connectivity index (χ2v) is 9.61. The Labute approximate surface area is 244 Å². The summed E-state index contributed by atoms with van der Waals surface area (Å²) >= 11 is 3.40. The van der Waals surface area contributed by atoms with Crippen LogP contribution in [0.15, 0.2) is 101 Å². The standard InChI is InChI=1S/C31H24BrN3O6/c1-39-30-17-22(7-14-29(30)41-20-23-3-2-4-27(16-23)35(37)38)15-24(18-33)31(36)34-26-10-12-28(13-11-26)40-19-21-5-8-25(32)9-6-21/h2-17H,19-20H2,1H3,(H,34,36)/b24-15+. The molecule has 0 spiro atoms. The molecular formula is C31H24BrN3O6. The highest BCUT2D eigenvalue weighted by molar-refractivity contribution is 9.10. The fourth-order valence-corrected chi connectivity index (χ4v) is 3.97. The first-order valence-corrected chi connectivity index (χ1v) is 13.1. The van der Waals surface area contributed by atoms with Gasteiger partial charge in [-0.1, -0.05) is 46.3 Å². The number of carbonyl (C=O) groups is 1. The lowest BCUT2D eigenvalue weighted by atomic mass is 10.1. The van der Waals surface area contributed by atoms with Gasteiger partial charge in [0, 0.05) is 22.3 Å².